The number of carbonyl (C=O) groups excluding carboxylic acids is 1. The lowest BCUT2D eigenvalue weighted by Crippen LogP contribution is -2.25. The van der Waals surface area contributed by atoms with Crippen LogP contribution in [0.2, 0.25) is 0 Å². The van der Waals surface area contributed by atoms with E-state index in [1.54, 1.807) is 0 Å². The summed E-state index contributed by atoms with van der Waals surface area (Å²) in [6, 6.07) is 9.52. The first kappa shape index (κ1) is 14.7. The Labute approximate surface area is 109 Å². The second kappa shape index (κ2) is 8.70. The molecule has 0 bridgehead atoms. The predicted octanol–water partition coefficient (Wildman–Crippen LogP) is 2.81. The summed E-state index contributed by atoms with van der Waals surface area (Å²) >= 11 is 0. The lowest BCUT2D eigenvalue weighted by atomic mass is 10.1. The Hall–Kier alpha value is -1.35. The quantitative estimate of drug-likeness (QED) is 0.696. The SMILES string of the molecule is CCCCCC(=O)NCCC(O)c1ccccc1. The number of aliphatic hydroxyl groups excluding tert-OH is 1. The van der Waals surface area contributed by atoms with Crippen molar-refractivity contribution >= 4 is 5.91 Å². The molecule has 0 saturated carbocycles. The van der Waals surface area contributed by atoms with Gasteiger partial charge in [0, 0.05) is 13.0 Å². The summed E-state index contributed by atoms with van der Waals surface area (Å²) in [6.45, 7) is 2.65. The van der Waals surface area contributed by atoms with E-state index in [1.807, 2.05) is 30.3 Å². The largest absolute Gasteiger partial charge is 0.388 e. The Morgan fingerprint density at radius 3 is 2.67 bits per heavy atom. The molecule has 3 nitrogen and oxygen atoms in total. The normalized spacial score (nSPS) is 12.1. The molecule has 1 unspecified atom stereocenters. The van der Waals surface area contributed by atoms with Crippen LogP contribution in [0.4, 0.5) is 0 Å². The lowest BCUT2D eigenvalue weighted by molar-refractivity contribution is -0.121. The minimum Gasteiger partial charge on any atom is -0.388 e. The van der Waals surface area contributed by atoms with Gasteiger partial charge in [-0.1, -0.05) is 50.1 Å². The van der Waals surface area contributed by atoms with Crippen molar-refractivity contribution in [1.82, 2.24) is 5.32 Å². The third-order valence-electron chi connectivity index (χ3n) is 2.93. The Kier molecular flexibility index (Phi) is 7.11. The van der Waals surface area contributed by atoms with Crippen molar-refractivity contribution in [3.63, 3.8) is 0 Å². The third-order valence-corrected chi connectivity index (χ3v) is 2.93. The van der Waals surface area contributed by atoms with Gasteiger partial charge in [0.1, 0.15) is 0 Å². The second-order valence-electron chi connectivity index (χ2n) is 4.52. The molecule has 1 atom stereocenters. The molecule has 0 fully saturated rings. The summed E-state index contributed by atoms with van der Waals surface area (Å²) in [5, 5.41) is 12.7. The molecule has 18 heavy (non-hydrogen) atoms. The maximum Gasteiger partial charge on any atom is 0.219 e. The number of unbranched alkanes of at least 4 members (excludes halogenated alkanes) is 2. The van der Waals surface area contributed by atoms with Crippen molar-refractivity contribution in [3.05, 3.63) is 35.9 Å². The van der Waals surface area contributed by atoms with E-state index in [-0.39, 0.29) is 5.91 Å². The standard InChI is InChI=1S/C15H23NO2/c1-2-3-5-10-15(18)16-12-11-14(17)13-8-6-4-7-9-13/h4,6-9,14,17H,2-3,5,10-12H2,1H3,(H,16,18). The number of rotatable bonds is 8. The van der Waals surface area contributed by atoms with Gasteiger partial charge >= 0.3 is 0 Å². The van der Waals surface area contributed by atoms with Gasteiger partial charge in [-0.25, -0.2) is 0 Å². The number of amides is 1. The fourth-order valence-electron chi connectivity index (χ4n) is 1.81. The molecular formula is C15H23NO2. The highest BCUT2D eigenvalue weighted by molar-refractivity contribution is 5.75. The van der Waals surface area contributed by atoms with Crippen LogP contribution in [-0.4, -0.2) is 17.6 Å². The van der Waals surface area contributed by atoms with Gasteiger partial charge in [-0.15, -0.1) is 0 Å². The van der Waals surface area contributed by atoms with E-state index < -0.39 is 6.10 Å². The van der Waals surface area contributed by atoms with Crippen LogP contribution < -0.4 is 5.32 Å². The van der Waals surface area contributed by atoms with E-state index in [1.165, 1.54) is 0 Å². The highest BCUT2D eigenvalue weighted by Crippen LogP contribution is 2.14. The average Bonchev–Trinajstić information content (AvgIpc) is 2.40. The molecule has 0 aromatic heterocycles. The minimum absolute atomic E-state index is 0.0868. The Morgan fingerprint density at radius 1 is 1.28 bits per heavy atom. The molecule has 0 saturated heterocycles. The molecule has 0 spiro atoms. The zero-order chi connectivity index (χ0) is 13.2. The molecule has 2 N–H and O–H groups in total. The predicted molar refractivity (Wildman–Crippen MR) is 73.2 cm³/mol. The average molecular weight is 249 g/mol. The summed E-state index contributed by atoms with van der Waals surface area (Å²) < 4.78 is 0. The van der Waals surface area contributed by atoms with Crippen LogP contribution in [0.5, 0.6) is 0 Å². The monoisotopic (exact) mass is 249 g/mol. The van der Waals surface area contributed by atoms with Crippen molar-refractivity contribution in [3.8, 4) is 0 Å². The van der Waals surface area contributed by atoms with Gasteiger partial charge in [-0.3, -0.25) is 4.79 Å². The van der Waals surface area contributed by atoms with Crippen LogP contribution in [-0.2, 0) is 4.79 Å². The van der Waals surface area contributed by atoms with Crippen molar-refractivity contribution in [1.29, 1.82) is 0 Å². The number of benzene rings is 1. The van der Waals surface area contributed by atoms with Crippen LogP contribution in [0.3, 0.4) is 0 Å². The van der Waals surface area contributed by atoms with Gasteiger partial charge in [0.15, 0.2) is 0 Å². The van der Waals surface area contributed by atoms with E-state index >= 15 is 0 Å². The van der Waals surface area contributed by atoms with Gasteiger partial charge in [0.2, 0.25) is 5.91 Å². The molecule has 0 aliphatic rings. The zero-order valence-electron chi connectivity index (χ0n) is 11.1. The smallest absolute Gasteiger partial charge is 0.219 e. The van der Waals surface area contributed by atoms with E-state index in [0.717, 1.165) is 24.8 Å². The van der Waals surface area contributed by atoms with Crippen LogP contribution in [0, 0.1) is 0 Å². The molecule has 3 heteroatoms. The number of carbonyl (C=O) groups is 1. The van der Waals surface area contributed by atoms with Gasteiger partial charge in [-0.05, 0) is 18.4 Å². The summed E-state index contributed by atoms with van der Waals surface area (Å²) in [7, 11) is 0. The topological polar surface area (TPSA) is 49.3 Å². The molecule has 1 rings (SSSR count). The van der Waals surface area contributed by atoms with Crippen LogP contribution >= 0.6 is 0 Å². The summed E-state index contributed by atoms with van der Waals surface area (Å²) in [5.41, 5.74) is 0.901. The van der Waals surface area contributed by atoms with Crippen LogP contribution in [0.25, 0.3) is 0 Å². The fourth-order valence-corrected chi connectivity index (χ4v) is 1.81. The van der Waals surface area contributed by atoms with Crippen molar-refractivity contribution < 1.29 is 9.90 Å². The second-order valence-corrected chi connectivity index (χ2v) is 4.52. The van der Waals surface area contributed by atoms with Crippen molar-refractivity contribution in [2.75, 3.05) is 6.54 Å². The molecule has 1 aromatic carbocycles. The van der Waals surface area contributed by atoms with Crippen molar-refractivity contribution in [2.24, 2.45) is 0 Å². The van der Waals surface area contributed by atoms with E-state index in [9.17, 15) is 9.90 Å². The first-order valence-electron chi connectivity index (χ1n) is 6.73. The van der Waals surface area contributed by atoms with Crippen LogP contribution in [0.1, 0.15) is 50.7 Å². The maximum atomic E-state index is 11.4. The summed E-state index contributed by atoms with van der Waals surface area (Å²) in [6.07, 6.45) is 3.82. The number of nitrogens with one attached hydrogen (secondary N) is 1. The van der Waals surface area contributed by atoms with Crippen LogP contribution in [0.15, 0.2) is 30.3 Å². The number of aliphatic hydroxyl groups is 1. The molecular weight excluding hydrogens is 226 g/mol. The Morgan fingerprint density at radius 2 is 2.00 bits per heavy atom. The Balaban J connectivity index is 2.16. The molecule has 1 aromatic rings. The molecule has 100 valence electrons. The van der Waals surface area contributed by atoms with E-state index in [0.29, 0.717) is 19.4 Å². The summed E-state index contributed by atoms with van der Waals surface area (Å²) in [4.78, 5) is 11.4. The first-order valence-corrected chi connectivity index (χ1v) is 6.73. The first-order chi connectivity index (χ1) is 8.74. The minimum atomic E-state index is -0.498. The van der Waals surface area contributed by atoms with E-state index in [2.05, 4.69) is 12.2 Å². The van der Waals surface area contributed by atoms with E-state index in [4.69, 9.17) is 0 Å². The fraction of sp³-hybridized carbons (Fsp3) is 0.533. The molecule has 1 amide bonds. The number of hydrogen-bond donors (Lipinski definition) is 2. The van der Waals surface area contributed by atoms with Gasteiger partial charge in [0.25, 0.3) is 0 Å². The van der Waals surface area contributed by atoms with Gasteiger partial charge in [0.05, 0.1) is 6.10 Å². The highest BCUT2D eigenvalue weighted by Gasteiger charge is 2.07. The molecule has 0 heterocycles. The molecule has 0 radical (unpaired) electrons. The Bertz CT molecular complexity index is 338. The third kappa shape index (κ3) is 5.82. The number of hydrogen-bond acceptors (Lipinski definition) is 2. The molecule has 0 aliphatic carbocycles. The van der Waals surface area contributed by atoms with Gasteiger partial charge < -0.3 is 10.4 Å². The van der Waals surface area contributed by atoms with Gasteiger partial charge in [-0.2, -0.15) is 0 Å². The highest BCUT2D eigenvalue weighted by atomic mass is 16.3. The van der Waals surface area contributed by atoms with Crippen molar-refractivity contribution in [2.45, 2.75) is 45.1 Å². The lowest BCUT2D eigenvalue weighted by Gasteiger charge is -2.11. The zero-order valence-corrected chi connectivity index (χ0v) is 11.1. The maximum absolute atomic E-state index is 11.4. The summed E-state index contributed by atoms with van der Waals surface area (Å²) in [5.74, 6) is 0.0868. The molecule has 0 aliphatic heterocycles.